The summed E-state index contributed by atoms with van der Waals surface area (Å²) < 4.78 is 10.3. The van der Waals surface area contributed by atoms with Gasteiger partial charge in [-0.15, -0.1) is 0 Å². The molecule has 0 spiro atoms. The van der Waals surface area contributed by atoms with E-state index in [1.54, 1.807) is 25.3 Å². The second-order valence-corrected chi connectivity index (χ2v) is 4.82. The van der Waals surface area contributed by atoms with Gasteiger partial charge in [-0.1, -0.05) is 0 Å². The lowest BCUT2D eigenvalue weighted by atomic mass is 10.1. The Morgan fingerprint density at radius 3 is 2.70 bits per heavy atom. The zero-order valence-corrected chi connectivity index (χ0v) is 11.7. The lowest BCUT2D eigenvalue weighted by molar-refractivity contribution is 0.0932. The molecule has 1 aromatic carbocycles. The largest absolute Gasteiger partial charge is 0.493 e. The van der Waals surface area contributed by atoms with Gasteiger partial charge in [-0.2, -0.15) is 5.26 Å². The van der Waals surface area contributed by atoms with Gasteiger partial charge in [0.1, 0.15) is 0 Å². The van der Waals surface area contributed by atoms with Crippen molar-refractivity contribution in [3.63, 3.8) is 0 Å². The van der Waals surface area contributed by atoms with Crippen molar-refractivity contribution in [1.82, 2.24) is 5.32 Å². The summed E-state index contributed by atoms with van der Waals surface area (Å²) in [6.07, 6.45) is 2.69. The Hall–Kier alpha value is -2.22. The van der Waals surface area contributed by atoms with E-state index >= 15 is 0 Å². The molecular formula is C15H18N2O3. The fourth-order valence-electron chi connectivity index (χ4n) is 2.52. The Balaban J connectivity index is 2.11. The van der Waals surface area contributed by atoms with Crippen molar-refractivity contribution in [3.05, 3.63) is 23.8 Å². The number of carbonyl (C=O) groups is 1. The van der Waals surface area contributed by atoms with Gasteiger partial charge in [0.15, 0.2) is 11.5 Å². The van der Waals surface area contributed by atoms with Crippen LogP contribution < -0.4 is 14.8 Å². The van der Waals surface area contributed by atoms with Crippen LogP contribution in [0.3, 0.4) is 0 Å². The van der Waals surface area contributed by atoms with Gasteiger partial charge >= 0.3 is 0 Å². The minimum Gasteiger partial charge on any atom is -0.493 e. The highest BCUT2D eigenvalue weighted by Gasteiger charge is 2.28. The highest BCUT2D eigenvalue weighted by Crippen LogP contribution is 2.28. The van der Waals surface area contributed by atoms with Crippen molar-refractivity contribution in [2.75, 3.05) is 14.2 Å². The predicted molar refractivity (Wildman–Crippen MR) is 73.8 cm³/mol. The molecule has 0 aromatic heterocycles. The topological polar surface area (TPSA) is 71.3 Å². The third-order valence-corrected chi connectivity index (χ3v) is 3.64. The number of methoxy groups -OCH3 is 2. The fraction of sp³-hybridized carbons (Fsp3) is 0.467. The molecule has 1 saturated carbocycles. The van der Waals surface area contributed by atoms with Gasteiger partial charge in [0.05, 0.1) is 26.2 Å². The summed E-state index contributed by atoms with van der Waals surface area (Å²) in [5.74, 6) is 0.834. The summed E-state index contributed by atoms with van der Waals surface area (Å²) in [7, 11) is 3.08. The molecule has 0 aliphatic heterocycles. The lowest BCUT2D eigenvalue weighted by Gasteiger charge is -2.16. The minimum absolute atomic E-state index is 0.0550. The zero-order valence-electron chi connectivity index (χ0n) is 11.7. The van der Waals surface area contributed by atoms with Gasteiger partial charge in [-0.25, -0.2) is 0 Å². The Labute approximate surface area is 118 Å². The van der Waals surface area contributed by atoms with Crippen molar-refractivity contribution in [2.45, 2.75) is 25.3 Å². The molecule has 2 rings (SSSR count). The Kier molecular flexibility index (Phi) is 4.46. The number of ether oxygens (including phenoxy) is 2. The van der Waals surface area contributed by atoms with E-state index < -0.39 is 0 Å². The van der Waals surface area contributed by atoms with Crippen LogP contribution >= 0.6 is 0 Å². The predicted octanol–water partition coefficient (Wildman–Crippen LogP) is 2.13. The number of amides is 1. The average Bonchev–Trinajstić information content (AvgIpc) is 2.93. The van der Waals surface area contributed by atoms with E-state index in [4.69, 9.17) is 14.7 Å². The standard InChI is InChI=1S/C15H18N2O3/c1-19-13-7-6-10(8-14(13)20-2)15(18)17-12-5-3-4-11(12)9-16/h6-8,11-12H,3-5H2,1-2H3,(H,17,18). The molecule has 5 nitrogen and oxygen atoms in total. The van der Waals surface area contributed by atoms with Crippen molar-refractivity contribution >= 4 is 5.91 Å². The van der Waals surface area contributed by atoms with E-state index in [0.717, 1.165) is 19.3 Å². The van der Waals surface area contributed by atoms with Crippen molar-refractivity contribution in [2.24, 2.45) is 5.92 Å². The molecule has 0 heterocycles. The molecule has 20 heavy (non-hydrogen) atoms. The van der Waals surface area contributed by atoms with Crippen LogP contribution in [0, 0.1) is 17.2 Å². The molecule has 1 aliphatic rings. The van der Waals surface area contributed by atoms with Gasteiger partial charge in [-0.3, -0.25) is 4.79 Å². The number of benzene rings is 1. The van der Waals surface area contributed by atoms with E-state index in [2.05, 4.69) is 11.4 Å². The number of nitrogens with one attached hydrogen (secondary N) is 1. The van der Waals surface area contributed by atoms with Crippen LogP contribution in [0.5, 0.6) is 11.5 Å². The van der Waals surface area contributed by atoms with Gasteiger partial charge in [-0.05, 0) is 37.5 Å². The molecule has 106 valence electrons. The second-order valence-electron chi connectivity index (χ2n) is 4.82. The smallest absolute Gasteiger partial charge is 0.251 e. The van der Waals surface area contributed by atoms with E-state index in [1.807, 2.05) is 0 Å². The highest BCUT2D eigenvalue weighted by atomic mass is 16.5. The molecule has 0 bridgehead atoms. The molecule has 1 amide bonds. The number of nitrogens with zero attached hydrogens (tertiary/aromatic N) is 1. The van der Waals surface area contributed by atoms with Crippen LogP contribution in [0.2, 0.25) is 0 Å². The summed E-state index contributed by atoms with van der Waals surface area (Å²) in [5, 5.41) is 12.0. The van der Waals surface area contributed by atoms with Crippen molar-refractivity contribution in [1.29, 1.82) is 5.26 Å². The summed E-state index contributed by atoms with van der Waals surface area (Å²) in [6, 6.07) is 7.23. The Bertz CT molecular complexity index is 536. The number of rotatable bonds is 4. The molecule has 1 aliphatic carbocycles. The maximum atomic E-state index is 12.2. The summed E-state index contributed by atoms with van der Waals surface area (Å²) in [4.78, 5) is 12.2. The third-order valence-electron chi connectivity index (χ3n) is 3.64. The minimum atomic E-state index is -0.182. The summed E-state index contributed by atoms with van der Waals surface area (Å²) >= 11 is 0. The van der Waals surface area contributed by atoms with Crippen LogP contribution in [0.25, 0.3) is 0 Å². The van der Waals surface area contributed by atoms with Gasteiger partial charge in [0, 0.05) is 11.6 Å². The van der Waals surface area contributed by atoms with Crippen molar-refractivity contribution < 1.29 is 14.3 Å². The first-order valence-corrected chi connectivity index (χ1v) is 6.62. The Morgan fingerprint density at radius 1 is 1.30 bits per heavy atom. The maximum Gasteiger partial charge on any atom is 0.251 e. The van der Waals surface area contributed by atoms with E-state index in [9.17, 15) is 4.79 Å². The van der Waals surface area contributed by atoms with Gasteiger partial charge in [0.25, 0.3) is 5.91 Å². The lowest BCUT2D eigenvalue weighted by Crippen LogP contribution is -2.36. The molecule has 1 aromatic rings. The maximum absolute atomic E-state index is 12.2. The summed E-state index contributed by atoms with van der Waals surface area (Å²) in [5.41, 5.74) is 0.506. The molecule has 2 atom stereocenters. The monoisotopic (exact) mass is 274 g/mol. The number of hydrogen-bond donors (Lipinski definition) is 1. The summed E-state index contributed by atoms with van der Waals surface area (Å²) in [6.45, 7) is 0. The first-order valence-electron chi connectivity index (χ1n) is 6.62. The zero-order chi connectivity index (χ0) is 14.5. The Morgan fingerprint density at radius 2 is 2.05 bits per heavy atom. The molecular weight excluding hydrogens is 256 g/mol. The third kappa shape index (κ3) is 2.85. The van der Waals surface area contributed by atoms with Gasteiger partial charge in [0.2, 0.25) is 0 Å². The molecule has 0 saturated heterocycles. The molecule has 1 fully saturated rings. The fourth-order valence-corrected chi connectivity index (χ4v) is 2.52. The van der Waals surface area contributed by atoms with Crippen LogP contribution in [-0.2, 0) is 0 Å². The first-order chi connectivity index (χ1) is 9.69. The van der Waals surface area contributed by atoms with Crippen LogP contribution in [0.1, 0.15) is 29.6 Å². The quantitative estimate of drug-likeness (QED) is 0.913. The van der Waals surface area contributed by atoms with E-state index in [1.165, 1.54) is 7.11 Å². The number of nitriles is 1. The number of hydrogen-bond acceptors (Lipinski definition) is 4. The van der Waals surface area contributed by atoms with Crippen molar-refractivity contribution in [3.8, 4) is 17.6 Å². The highest BCUT2D eigenvalue weighted by molar-refractivity contribution is 5.95. The molecule has 0 radical (unpaired) electrons. The van der Waals surface area contributed by atoms with E-state index in [0.29, 0.717) is 17.1 Å². The number of carbonyl (C=O) groups excluding carboxylic acids is 1. The van der Waals surface area contributed by atoms with Crippen LogP contribution in [0.15, 0.2) is 18.2 Å². The molecule has 5 heteroatoms. The van der Waals surface area contributed by atoms with Crippen LogP contribution in [-0.4, -0.2) is 26.2 Å². The van der Waals surface area contributed by atoms with E-state index in [-0.39, 0.29) is 17.9 Å². The van der Waals surface area contributed by atoms with Crippen LogP contribution in [0.4, 0.5) is 0 Å². The molecule has 2 unspecified atom stereocenters. The van der Waals surface area contributed by atoms with Gasteiger partial charge < -0.3 is 14.8 Å². The molecule has 1 N–H and O–H groups in total. The average molecular weight is 274 g/mol. The normalized spacial score (nSPS) is 21.1. The second kappa shape index (κ2) is 6.29. The first kappa shape index (κ1) is 14.2. The SMILES string of the molecule is COc1ccc(C(=O)NC2CCCC2C#N)cc1OC.